The van der Waals surface area contributed by atoms with Crippen molar-refractivity contribution in [2.45, 2.75) is 56.5 Å². The summed E-state index contributed by atoms with van der Waals surface area (Å²) in [5.74, 6) is 0. The van der Waals surface area contributed by atoms with Gasteiger partial charge in [0.25, 0.3) is 0 Å². The Morgan fingerprint density at radius 2 is 2.10 bits per heavy atom. The van der Waals surface area contributed by atoms with Crippen molar-refractivity contribution in [2.75, 3.05) is 13.7 Å². The fourth-order valence-corrected chi connectivity index (χ4v) is 4.39. The van der Waals surface area contributed by atoms with Gasteiger partial charge in [-0.2, -0.15) is 0 Å². The Balaban J connectivity index is 2.73. The van der Waals surface area contributed by atoms with Crippen molar-refractivity contribution < 1.29 is 13.2 Å². The summed E-state index contributed by atoms with van der Waals surface area (Å²) in [6.07, 6.45) is 1.67. The van der Waals surface area contributed by atoms with E-state index in [-0.39, 0.29) is 6.04 Å². The molecule has 1 atom stereocenters. The van der Waals surface area contributed by atoms with Gasteiger partial charge in [0, 0.05) is 25.7 Å². The molecule has 1 unspecified atom stereocenters. The highest BCUT2D eigenvalue weighted by Crippen LogP contribution is 2.21. The highest BCUT2D eigenvalue weighted by Gasteiger charge is 2.21. The molecule has 0 aliphatic heterocycles. The van der Waals surface area contributed by atoms with Crippen LogP contribution in [0, 0.1) is 0 Å². The third-order valence-corrected chi connectivity index (χ3v) is 5.94. The third-order valence-electron chi connectivity index (χ3n) is 2.94. The number of sulfonamides is 1. The molecule has 1 aromatic heterocycles. The summed E-state index contributed by atoms with van der Waals surface area (Å²) in [4.78, 5) is 0. The van der Waals surface area contributed by atoms with Crippen molar-refractivity contribution in [3.05, 3.63) is 17.0 Å². The number of hydrogen-bond donors (Lipinski definition) is 2. The van der Waals surface area contributed by atoms with Crippen molar-refractivity contribution in [3.63, 3.8) is 0 Å². The van der Waals surface area contributed by atoms with Gasteiger partial charge >= 0.3 is 0 Å². The van der Waals surface area contributed by atoms with Gasteiger partial charge in [-0.3, -0.25) is 0 Å². The monoisotopic (exact) mass is 334 g/mol. The normalized spacial score (nSPS) is 13.8. The van der Waals surface area contributed by atoms with Crippen LogP contribution in [-0.2, 0) is 21.3 Å². The van der Waals surface area contributed by atoms with E-state index >= 15 is 0 Å². The Kier molecular flexibility index (Phi) is 7.83. The van der Waals surface area contributed by atoms with Gasteiger partial charge in [0.05, 0.1) is 6.61 Å². The minimum atomic E-state index is -3.46. The van der Waals surface area contributed by atoms with Crippen LogP contribution in [0.15, 0.2) is 15.7 Å². The summed E-state index contributed by atoms with van der Waals surface area (Å²) in [6, 6.07) is 1.93. The number of hydrogen-bond acceptors (Lipinski definition) is 5. The topological polar surface area (TPSA) is 67.4 Å². The number of methoxy groups -OCH3 is 1. The maximum Gasteiger partial charge on any atom is 0.250 e. The molecule has 1 heterocycles. The first kappa shape index (κ1) is 18.6. The molecule has 0 fully saturated rings. The van der Waals surface area contributed by atoms with Crippen LogP contribution in [0.5, 0.6) is 0 Å². The molecule has 0 aromatic carbocycles. The minimum Gasteiger partial charge on any atom is -0.383 e. The lowest BCUT2D eigenvalue weighted by atomic mass is 10.2. The molecule has 2 N–H and O–H groups in total. The fourth-order valence-electron chi connectivity index (χ4n) is 1.91. The zero-order chi connectivity index (χ0) is 15.9. The van der Waals surface area contributed by atoms with Gasteiger partial charge in [-0.15, -0.1) is 11.3 Å². The molecule has 122 valence electrons. The Morgan fingerprint density at radius 3 is 2.67 bits per heavy atom. The number of thiophene rings is 1. The molecule has 0 saturated heterocycles. The molecule has 1 rings (SSSR count). The van der Waals surface area contributed by atoms with Crippen molar-refractivity contribution in [3.8, 4) is 0 Å². The second kappa shape index (κ2) is 8.85. The van der Waals surface area contributed by atoms with Crippen LogP contribution in [0.4, 0.5) is 0 Å². The lowest BCUT2D eigenvalue weighted by molar-refractivity contribution is 0.171. The molecule has 21 heavy (non-hydrogen) atoms. The van der Waals surface area contributed by atoms with E-state index in [2.05, 4.69) is 23.9 Å². The van der Waals surface area contributed by atoms with E-state index < -0.39 is 10.0 Å². The van der Waals surface area contributed by atoms with Crippen LogP contribution in [0.1, 0.15) is 39.2 Å². The largest absolute Gasteiger partial charge is 0.383 e. The molecule has 0 saturated carbocycles. The average molecular weight is 335 g/mol. The van der Waals surface area contributed by atoms with Crippen LogP contribution in [0.3, 0.4) is 0 Å². The molecular formula is C14H26N2O3S2. The van der Waals surface area contributed by atoms with Crippen LogP contribution in [0.25, 0.3) is 0 Å². The highest BCUT2D eigenvalue weighted by molar-refractivity contribution is 7.91. The van der Waals surface area contributed by atoms with Gasteiger partial charge < -0.3 is 10.1 Å². The van der Waals surface area contributed by atoms with Crippen LogP contribution in [-0.4, -0.2) is 34.2 Å². The van der Waals surface area contributed by atoms with E-state index in [1.165, 1.54) is 11.3 Å². The Labute approximate surface area is 132 Å². The van der Waals surface area contributed by atoms with Gasteiger partial charge in [-0.05, 0) is 23.4 Å². The lowest BCUT2D eigenvalue weighted by Gasteiger charge is -2.16. The summed E-state index contributed by atoms with van der Waals surface area (Å²) in [7, 11) is -1.88. The Hall–Kier alpha value is -0.470. The van der Waals surface area contributed by atoms with Gasteiger partial charge in [0.15, 0.2) is 0 Å². The van der Waals surface area contributed by atoms with E-state index in [0.717, 1.165) is 18.4 Å². The smallest absolute Gasteiger partial charge is 0.250 e. The van der Waals surface area contributed by atoms with E-state index in [1.807, 2.05) is 12.3 Å². The molecule has 0 radical (unpaired) electrons. The average Bonchev–Trinajstić information content (AvgIpc) is 2.86. The predicted octanol–water partition coefficient (Wildman–Crippen LogP) is 2.34. The first-order valence-corrected chi connectivity index (χ1v) is 9.57. The summed E-state index contributed by atoms with van der Waals surface area (Å²) < 4.78 is 32.9. The standard InChI is InChI=1S/C14H26N2O3S2/c1-5-6-13(9-19-4)16-21(17,18)14-7-12(10-20-14)8-15-11(2)3/h7,10-11,13,15-16H,5-6,8-9H2,1-4H3. The molecule has 5 nitrogen and oxygen atoms in total. The first-order chi connectivity index (χ1) is 9.89. The highest BCUT2D eigenvalue weighted by atomic mass is 32.2. The molecule has 7 heteroatoms. The van der Waals surface area contributed by atoms with Crippen LogP contribution in [0.2, 0.25) is 0 Å². The van der Waals surface area contributed by atoms with Crippen LogP contribution < -0.4 is 10.0 Å². The van der Waals surface area contributed by atoms with E-state index in [0.29, 0.717) is 23.4 Å². The minimum absolute atomic E-state index is 0.177. The van der Waals surface area contributed by atoms with Gasteiger partial charge in [0.2, 0.25) is 10.0 Å². The van der Waals surface area contributed by atoms with E-state index in [1.54, 1.807) is 13.2 Å². The molecule has 0 spiro atoms. The molecule has 0 aliphatic rings. The predicted molar refractivity (Wildman–Crippen MR) is 87.2 cm³/mol. The second-order valence-electron chi connectivity index (χ2n) is 5.37. The van der Waals surface area contributed by atoms with Crippen molar-refractivity contribution in [2.24, 2.45) is 0 Å². The molecule has 1 aromatic rings. The first-order valence-electron chi connectivity index (χ1n) is 7.21. The van der Waals surface area contributed by atoms with Crippen molar-refractivity contribution >= 4 is 21.4 Å². The molecular weight excluding hydrogens is 308 g/mol. The van der Waals surface area contributed by atoms with Gasteiger partial charge in [0.1, 0.15) is 4.21 Å². The summed E-state index contributed by atoms with van der Waals surface area (Å²) in [6.45, 7) is 7.22. The number of rotatable bonds is 10. The SMILES string of the molecule is CCCC(COC)NS(=O)(=O)c1cc(CNC(C)C)cs1. The number of ether oxygens (including phenoxy) is 1. The Bertz CT molecular complexity index is 506. The second-order valence-corrected chi connectivity index (χ2v) is 8.22. The molecule has 0 bridgehead atoms. The fraction of sp³-hybridized carbons (Fsp3) is 0.714. The van der Waals surface area contributed by atoms with E-state index in [9.17, 15) is 8.42 Å². The van der Waals surface area contributed by atoms with Crippen molar-refractivity contribution in [1.29, 1.82) is 0 Å². The summed E-state index contributed by atoms with van der Waals surface area (Å²) >= 11 is 1.26. The zero-order valence-electron chi connectivity index (χ0n) is 13.2. The number of nitrogens with one attached hydrogen (secondary N) is 2. The maximum absolute atomic E-state index is 12.4. The quantitative estimate of drug-likeness (QED) is 0.689. The van der Waals surface area contributed by atoms with Gasteiger partial charge in [-0.25, -0.2) is 13.1 Å². The van der Waals surface area contributed by atoms with E-state index in [4.69, 9.17) is 4.74 Å². The molecule has 0 aliphatic carbocycles. The zero-order valence-corrected chi connectivity index (χ0v) is 14.8. The summed E-state index contributed by atoms with van der Waals surface area (Å²) in [5.41, 5.74) is 0.993. The third kappa shape index (κ3) is 6.44. The van der Waals surface area contributed by atoms with Crippen LogP contribution >= 0.6 is 11.3 Å². The van der Waals surface area contributed by atoms with Crippen molar-refractivity contribution in [1.82, 2.24) is 10.0 Å². The van der Waals surface area contributed by atoms with Gasteiger partial charge in [-0.1, -0.05) is 27.2 Å². The molecule has 0 amide bonds. The summed E-state index contributed by atoms with van der Waals surface area (Å²) in [5, 5.41) is 5.16. The Morgan fingerprint density at radius 1 is 1.38 bits per heavy atom. The lowest BCUT2D eigenvalue weighted by Crippen LogP contribution is -2.37. The maximum atomic E-state index is 12.4.